The molecule has 0 unspecified atom stereocenters. The van der Waals surface area contributed by atoms with Crippen LogP contribution in [-0.4, -0.2) is 181 Å². The number of carbonyl (C=O) groups excluding carboxylic acids is 4. The number of carbonyl (C=O) groups is 4. The zero-order chi connectivity index (χ0) is 58.1. The van der Waals surface area contributed by atoms with Crippen LogP contribution in [0.1, 0.15) is 75.5 Å². The van der Waals surface area contributed by atoms with Crippen molar-refractivity contribution in [3.8, 4) is 22.5 Å². The van der Waals surface area contributed by atoms with Crippen LogP contribution in [0.3, 0.4) is 0 Å². The maximum absolute atomic E-state index is 14.2. The number of nitriles is 1. The molecule has 4 amide bonds. The average molecular weight is 1140 g/mol. The molecule has 3 fully saturated rings. The third-order valence-corrected chi connectivity index (χ3v) is 17.0. The number of piperazine rings is 1. The number of anilines is 2. The summed E-state index contributed by atoms with van der Waals surface area (Å²) in [7, 11) is 2.04. The number of nitrogens with one attached hydrogen (secondary N) is 2. The Kier molecular flexibility index (Phi) is 19.5. The molecule has 3 saturated heterocycles. The number of nitrogens with zero attached hydrogens (tertiary/aromatic N) is 9. The zero-order valence-electron chi connectivity index (χ0n) is 47.9. The number of likely N-dealkylation sites (tertiary alicyclic amines) is 2. The quantitative estimate of drug-likeness (QED) is 0.0565. The van der Waals surface area contributed by atoms with Crippen LogP contribution in [0, 0.1) is 23.7 Å². The lowest BCUT2D eigenvalue weighted by Gasteiger charge is -2.42. The molecule has 6 heterocycles. The first-order valence-corrected chi connectivity index (χ1v) is 29.2. The lowest BCUT2D eigenvalue weighted by molar-refractivity contribution is -0.144. The van der Waals surface area contributed by atoms with E-state index in [1.807, 2.05) is 71.4 Å². The molecule has 3 aromatic carbocycles. The van der Waals surface area contributed by atoms with Gasteiger partial charge in [-0.25, -0.2) is 4.98 Å². The van der Waals surface area contributed by atoms with Crippen molar-refractivity contribution in [3.05, 3.63) is 107 Å². The fourth-order valence-corrected chi connectivity index (χ4v) is 12.3. The summed E-state index contributed by atoms with van der Waals surface area (Å²) in [6.07, 6.45) is 2.07. The topological polar surface area (TPSA) is 228 Å². The Morgan fingerprint density at radius 1 is 0.902 bits per heavy atom. The van der Waals surface area contributed by atoms with Gasteiger partial charge in [0.1, 0.15) is 31.1 Å². The van der Waals surface area contributed by atoms with E-state index in [2.05, 4.69) is 85.4 Å². The summed E-state index contributed by atoms with van der Waals surface area (Å²) in [4.78, 5) is 79.3. The van der Waals surface area contributed by atoms with E-state index in [0.29, 0.717) is 59.0 Å². The highest BCUT2D eigenvalue weighted by atomic mass is 32.1. The smallest absolute Gasteiger partial charge is 0.318 e. The van der Waals surface area contributed by atoms with E-state index < -0.39 is 35.4 Å². The van der Waals surface area contributed by atoms with Crippen LogP contribution in [-0.2, 0) is 46.4 Å². The van der Waals surface area contributed by atoms with Gasteiger partial charge in [0.25, 0.3) is 0 Å². The number of benzene rings is 3. The average Bonchev–Trinajstić information content (AvgIpc) is 3.86. The maximum atomic E-state index is 14.2. The van der Waals surface area contributed by atoms with Crippen LogP contribution in [0.4, 0.5) is 11.5 Å². The van der Waals surface area contributed by atoms with Crippen molar-refractivity contribution in [2.45, 2.75) is 109 Å². The lowest BCUT2D eigenvalue weighted by Crippen LogP contribution is -2.58. The summed E-state index contributed by atoms with van der Waals surface area (Å²) < 4.78 is 24.2. The molecule has 3 N–H and O–H groups in total. The first-order valence-electron chi connectivity index (χ1n) is 28.4. The second kappa shape index (κ2) is 26.9. The number of amides is 4. The molecule has 0 aliphatic carbocycles. The molecule has 82 heavy (non-hydrogen) atoms. The van der Waals surface area contributed by atoms with Crippen molar-refractivity contribution in [1.29, 1.82) is 5.26 Å². The molecule has 4 aliphatic rings. The number of aliphatic hydroxyl groups excluding tert-OH is 1. The fraction of sp³-hybridized carbons (Fsp3) is 0.508. The van der Waals surface area contributed by atoms with Crippen LogP contribution in [0.5, 0.6) is 6.01 Å². The Morgan fingerprint density at radius 2 is 1.67 bits per heavy atom. The zero-order valence-corrected chi connectivity index (χ0v) is 48.7. The molecule has 436 valence electrons. The van der Waals surface area contributed by atoms with E-state index in [0.717, 1.165) is 57.4 Å². The summed E-state index contributed by atoms with van der Waals surface area (Å²) in [6.45, 7) is 17.6. The largest absolute Gasteiger partial charge is 0.462 e. The van der Waals surface area contributed by atoms with Gasteiger partial charge in [-0.1, -0.05) is 88.0 Å². The van der Waals surface area contributed by atoms with Gasteiger partial charge in [-0.15, -0.1) is 11.3 Å². The van der Waals surface area contributed by atoms with Gasteiger partial charge >= 0.3 is 6.01 Å². The van der Waals surface area contributed by atoms with Crippen LogP contribution in [0.15, 0.2) is 84.9 Å². The second-order valence-electron chi connectivity index (χ2n) is 22.8. The maximum Gasteiger partial charge on any atom is 0.318 e. The van der Waals surface area contributed by atoms with Gasteiger partial charge in [0.15, 0.2) is 0 Å². The molecule has 0 spiro atoms. The molecule has 0 saturated carbocycles. The summed E-state index contributed by atoms with van der Waals surface area (Å²) in [5.41, 5.74) is 7.07. The van der Waals surface area contributed by atoms with E-state index in [1.165, 1.54) is 21.7 Å². The normalized spacial score (nSPS) is 21.0. The minimum absolute atomic E-state index is 0.0320. The van der Waals surface area contributed by atoms with Gasteiger partial charge in [-0.3, -0.25) is 24.1 Å². The van der Waals surface area contributed by atoms with Gasteiger partial charge in [-0.2, -0.15) is 15.2 Å². The Bertz CT molecular complexity index is 3100. The Labute approximate surface area is 484 Å². The minimum atomic E-state index is -0.990. The van der Waals surface area contributed by atoms with Crippen molar-refractivity contribution in [1.82, 2.24) is 40.3 Å². The molecule has 9 rings (SSSR count). The standard InChI is InChI=1S/C61H77N11O9S/c1-8-54(75)71-25-24-70(32-44(71)20-22-62)57-49-21-23-69(51-15-11-13-42-12-9-10-14-48(42)51)35-50(49)65-60(67-57)81-36-45-30-47(34-68(45)7)80-29-28-78-26-27-79-37-53(74)66-56(61(4,5)6)59(77)72-33-46(73)31-52(72)58(76)64-39(2)41-16-18-43(19-17-41)55-40(3)63-38-82-55/h8-19,38-39,44-47,52,56,73H,1,20-21,23-37H2,2-7H3,(H,64,76)(H,66,74)/t39-,44-,45-,46+,47+,52-,56+/m0/s1. The van der Waals surface area contributed by atoms with E-state index >= 15 is 0 Å². The molecule has 0 radical (unpaired) electrons. The summed E-state index contributed by atoms with van der Waals surface area (Å²) in [6, 6.07) is 22.7. The number of fused-ring (bicyclic) bond motifs is 2. The van der Waals surface area contributed by atoms with Gasteiger partial charge in [-0.05, 0) is 67.8 Å². The third kappa shape index (κ3) is 14.2. The monoisotopic (exact) mass is 1140 g/mol. The fourth-order valence-electron chi connectivity index (χ4n) is 11.5. The van der Waals surface area contributed by atoms with Crippen molar-refractivity contribution in [2.75, 3.05) is 95.8 Å². The SMILES string of the molecule is C=CC(=O)N1CCN(c2nc(OC[C@@H]3C[C@@H](OCCOCCOCC(=O)N[C@H](C(=O)N4C[C@H](O)C[C@H]4C(=O)N[C@@H](C)c4ccc(-c5scnc5C)cc4)C(C)(C)C)CN3C)nc3c2CCN(c2cccc4ccccc24)C3)C[C@@H]1CC#N. The number of rotatable bonds is 22. The highest BCUT2D eigenvalue weighted by Crippen LogP contribution is 2.36. The van der Waals surface area contributed by atoms with Crippen molar-refractivity contribution < 1.29 is 43.2 Å². The van der Waals surface area contributed by atoms with Gasteiger partial charge in [0.05, 0.1) is 91.5 Å². The number of ether oxygens (including phenoxy) is 4. The van der Waals surface area contributed by atoms with Crippen LogP contribution >= 0.6 is 11.3 Å². The number of hydrogen-bond acceptors (Lipinski definition) is 17. The van der Waals surface area contributed by atoms with Gasteiger partial charge in [0.2, 0.25) is 23.6 Å². The number of β-amino-alcohol motifs (C(OH)–C–C–N with tert-alkyl or cyclic N) is 1. The predicted molar refractivity (Wildman–Crippen MR) is 313 cm³/mol. The molecule has 20 nitrogen and oxygen atoms in total. The van der Waals surface area contributed by atoms with Crippen LogP contribution < -0.4 is 25.2 Å². The molecule has 21 heteroatoms. The number of thiazole rings is 1. The molecule has 0 bridgehead atoms. The molecule has 7 atom stereocenters. The lowest BCUT2D eigenvalue weighted by atomic mass is 9.85. The molecule has 4 aliphatic heterocycles. The second-order valence-corrected chi connectivity index (χ2v) is 23.7. The first kappa shape index (κ1) is 59.6. The predicted octanol–water partition coefficient (Wildman–Crippen LogP) is 5.61. The highest BCUT2D eigenvalue weighted by molar-refractivity contribution is 7.13. The number of aryl methyl sites for hydroxylation is 1. The highest BCUT2D eigenvalue weighted by Gasteiger charge is 2.45. The number of likely N-dealkylation sites (N-methyl/N-ethyl adjacent to an activating group) is 1. The van der Waals surface area contributed by atoms with Crippen LogP contribution in [0.2, 0.25) is 0 Å². The van der Waals surface area contributed by atoms with E-state index in [4.69, 9.17) is 28.9 Å². The summed E-state index contributed by atoms with van der Waals surface area (Å²) in [5.74, 6) is -0.724. The minimum Gasteiger partial charge on any atom is -0.462 e. The molecule has 2 aromatic heterocycles. The van der Waals surface area contributed by atoms with Crippen molar-refractivity contribution in [2.24, 2.45) is 5.41 Å². The van der Waals surface area contributed by atoms with Crippen molar-refractivity contribution >= 4 is 57.2 Å². The van der Waals surface area contributed by atoms with Gasteiger partial charge < -0.3 is 54.3 Å². The molecular formula is C61H77N11O9S. The number of hydrogen-bond donors (Lipinski definition) is 3. The van der Waals surface area contributed by atoms with Gasteiger partial charge in [0, 0.05) is 68.4 Å². The van der Waals surface area contributed by atoms with E-state index in [-0.39, 0.29) is 81.3 Å². The Hall–Kier alpha value is -7.06. The molecular weight excluding hydrogens is 1060 g/mol. The first-order chi connectivity index (χ1) is 39.5. The Balaban J connectivity index is 0.719. The Morgan fingerprint density at radius 3 is 2.43 bits per heavy atom. The number of aliphatic hydroxyl groups is 1. The molecule has 5 aromatic rings. The van der Waals surface area contributed by atoms with Crippen LogP contribution in [0.25, 0.3) is 21.2 Å². The summed E-state index contributed by atoms with van der Waals surface area (Å²) >= 11 is 1.57. The van der Waals surface area contributed by atoms with Crippen molar-refractivity contribution in [3.63, 3.8) is 0 Å². The van der Waals surface area contributed by atoms with E-state index in [9.17, 15) is 29.5 Å². The van der Waals surface area contributed by atoms with E-state index in [1.54, 1.807) is 16.2 Å². The number of aromatic nitrogens is 3. The third-order valence-electron chi connectivity index (χ3n) is 16.0. The summed E-state index contributed by atoms with van der Waals surface area (Å²) in [5, 5.41) is 28.6.